The molecule has 0 unspecified atom stereocenters. The molecule has 0 N–H and O–H groups in total. The van der Waals surface area contributed by atoms with Gasteiger partial charge < -0.3 is 9.31 Å². The van der Waals surface area contributed by atoms with Crippen LogP contribution in [0.4, 0.5) is 0 Å². The third-order valence-electron chi connectivity index (χ3n) is 3.75. The second-order valence-electron chi connectivity index (χ2n) is 5.74. The number of pyridine rings is 1. The molecule has 0 spiro atoms. The van der Waals surface area contributed by atoms with Crippen molar-refractivity contribution < 1.29 is 9.31 Å². The van der Waals surface area contributed by atoms with Crippen molar-refractivity contribution >= 4 is 12.7 Å². The summed E-state index contributed by atoms with van der Waals surface area (Å²) >= 11 is 0. The van der Waals surface area contributed by atoms with Gasteiger partial charge in [0.05, 0.1) is 16.8 Å². The molecule has 0 aliphatic carbocycles. The molecule has 3 nitrogen and oxygen atoms in total. The van der Waals surface area contributed by atoms with Crippen LogP contribution < -0.4 is 5.59 Å². The van der Waals surface area contributed by atoms with Crippen LogP contribution in [0.15, 0.2) is 12.1 Å². The van der Waals surface area contributed by atoms with E-state index in [9.17, 15) is 0 Å². The number of rotatable bonds is 1. The maximum absolute atomic E-state index is 6.00. The van der Waals surface area contributed by atoms with Gasteiger partial charge in [-0.05, 0) is 53.2 Å². The van der Waals surface area contributed by atoms with Gasteiger partial charge in [0.2, 0.25) is 0 Å². The van der Waals surface area contributed by atoms with Crippen LogP contribution in [0.5, 0.6) is 0 Å². The Morgan fingerprint density at radius 2 is 1.53 bits per heavy atom. The maximum Gasteiger partial charge on any atom is 0.514 e. The van der Waals surface area contributed by atoms with Gasteiger partial charge in [-0.2, -0.15) is 0 Å². The van der Waals surface area contributed by atoms with Gasteiger partial charge >= 0.3 is 7.12 Å². The van der Waals surface area contributed by atoms with E-state index in [1.54, 1.807) is 0 Å². The first-order valence-corrected chi connectivity index (χ1v) is 6.03. The van der Waals surface area contributed by atoms with Crippen LogP contribution in [0.1, 0.15) is 39.0 Å². The Hall–Kier alpha value is -0.865. The van der Waals surface area contributed by atoms with Crippen molar-refractivity contribution in [2.24, 2.45) is 0 Å². The van der Waals surface area contributed by atoms with Gasteiger partial charge in [0, 0.05) is 5.69 Å². The fourth-order valence-corrected chi connectivity index (χ4v) is 1.84. The quantitative estimate of drug-likeness (QED) is 0.695. The number of aromatic nitrogens is 1. The summed E-state index contributed by atoms with van der Waals surface area (Å²) in [5, 5.41) is 0. The molecule has 4 heteroatoms. The molecular formula is C13H20BNO2. The minimum atomic E-state index is -0.361. The van der Waals surface area contributed by atoms with E-state index in [0.29, 0.717) is 0 Å². The van der Waals surface area contributed by atoms with Crippen LogP contribution in [0.25, 0.3) is 0 Å². The van der Waals surface area contributed by atoms with Crippen molar-refractivity contribution in [2.45, 2.75) is 52.7 Å². The fourth-order valence-electron chi connectivity index (χ4n) is 1.84. The Balaban J connectivity index is 2.35. The highest BCUT2D eigenvalue weighted by Gasteiger charge is 2.52. The third kappa shape index (κ3) is 2.12. The van der Waals surface area contributed by atoms with Crippen molar-refractivity contribution in [1.82, 2.24) is 4.98 Å². The molecule has 0 radical (unpaired) electrons. The van der Waals surface area contributed by atoms with E-state index < -0.39 is 0 Å². The molecule has 1 fully saturated rings. The first-order valence-electron chi connectivity index (χ1n) is 6.03. The topological polar surface area (TPSA) is 31.4 Å². The number of aryl methyl sites for hydroxylation is 2. The Morgan fingerprint density at radius 1 is 1.00 bits per heavy atom. The van der Waals surface area contributed by atoms with Gasteiger partial charge in [0.1, 0.15) is 0 Å². The number of hydrogen-bond donors (Lipinski definition) is 0. The van der Waals surface area contributed by atoms with Gasteiger partial charge in [-0.25, -0.2) is 0 Å². The van der Waals surface area contributed by atoms with Crippen LogP contribution in [0.3, 0.4) is 0 Å². The lowest BCUT2D eigenvalue weighted by Crippen LogP contribution is -2.41. The second kappa shape index (κ2) is 3.82. The number of hydrogen-bond acceptors (Lipinski definition) is 3. The molecule has 1 aromatic rings. The van der Waals surface area contributed by atoms with Gasteiger partial charge in [-0.3, -0.25) is 4.98 Å². The van der Waals surface area contributed by atoms with Crippen molar-refractivity contribution in [3.05, 3.63) is 23.4 Å². The van der Waals surface area contributed by atoms with Gasteiger partial charge in [0.15, 0.2) is 0 Å². The predicted molar refractivity (Wildman–Crippen MR) is 69.4 cm³/mol. The first-order chi connectivity index (χ1) is 7.73. The summed E-state index contributed by atoms with van der Waals surface area (Å²) in [6, 6.07) is 4.06. The molecule has 92 valence electrons. The lowest BCUT2D eigenvalue weighted by atomic mass is 9.81. The molecule has 0 aromatic carbocycles. The van der Waals surface area contributed by atoms with E-state index in [2.05, 4.69) is 38.7 Å². The average Bonchev–Trinajstić information content (AvgIpc) is 2.40. The molecule has 0 amide bonds. The smallest absolute Gasteiger partial charge is 0.398 e. The summed E-state index contributed by atoms with van der Waals surface area (Å²) in [7, 11) is -0.361. The Kier molecular flexibility index (Phi) is 2.83. The molecular weight excluding hydrogens is 213 g/mol. The number of nitrogens with zero attached hydrogens (tertiary/aromatic N) is 1. The largest absolute Gasteiger partial charge is 0.514 e. The molecule has 17 heavy (non-hydrogen) atoms. The molecule has 0 atom stereocenters. The first kappa shape index (κ1) is 12.6. The predicted octanol–water partition coefficient (Wildman–Crippen LogP) is 2.00. The molecule has 2 rings (SSSR count). The zero-order chi connectivity index (χ0) is 12.8. The highest BCUT2D eigenvalue weighted by molar-refractivity contribution is 6.61. The standard InChI is InChI=1S/C13H20BNO2/c1-9-7-8-10(2)15-11(9)14-16-12(3,4)13(5,6)17-14/h7-8H,1-6H3. The summed E-state index contributed by atoms with van der Waals surface area (Å²) in [5.41, 5.74) is 2.36. The van der Waals surface area contributed by atoms with Crippen molar-refractivity contribution in [3.8, 4) is 0 Å². The van der Waals surface area contributed by atoms with E-state index in [1.807, 2.05) is 19.9 Å². The van der Waals surface area contributed by atoms with Gasteiger partial charge in [0.25, 0.3) is 0 Å². The van der Waals surface area contributed by atoms with Crippen LogP contribution >= 0.6 is 0 Å². The Morgan fingerprint density at radius 3 is 2.06 bits per heavy atom. The highest BCUT2D eigenvalue weighted by Crippen LogP contribution is 2.36. The normalized spacial score (nSPS) is 21.9. The van der Waals surface area contributed by atoms with Gasteiger partial charge in [-0.1, -0.05) is 6.07 Å². The molecule has 1 saturated heterocycles. The average molecular weight is 233 g/mol. The summed E-state index contributed by atoms with van der Waals surface area (Å²) in [6.45, 7) is 12.2. The molecule has 0 saturated carbocycles. The van der Waals surface area contributed by atoms with Crippen molar-refractivity contribution in [3.63, 3.8) is 0 Å². The van der Waals surface area contributed by atoms with E-state index >= 15 is 0 Å². The van der Waals surface area contributed by atoms with E-state index in [1.165, 1.54) is 0 Å². The summed E-state index contributed by atoms with van der Waals surface area (Å²) in [5.74, 6) is 0. The lowest BCUT2D eigenvalue weighted by molar-refractivity contribution is 0.00578. The van der Waals surface area contributed by atoms with Crippen molar-refractivity contribution in [2.75, 3.05) is 0 Å². The van der Waals surface area contributed by atoms with E-state index in [4.69, 9.17) is 9.31 Å². The Labute approximate surface area is 104 Å². The Bertz CT molecular complexity index is 427. The van der Waals surface area contributed by atoms with Crippen LogP contribution in [0, 0.1) is 13.8 Å². The lowest BCUT2D eigenvalue weighted by Gasteiger charge is -2.32. The summed E-state index contributed by atoms with van der Waals surface area (Å²) in [6.07, 6.45) is 0. The van der Waals surface area contributed by atoms with E-state index in [0.717, 1.165) is 16.9 Å². The highest BCUT2D eigenvalue weighted by atomic mass is 16.7. The molecule has 1 aliphatic rings. The summed E-state index contributed by atoms with van der Waals surface area (Å²) in [4.78, 5) is 4.54. The second-order valence-corrected chi connectivity index (χ2v) is 5.74. The zero-order valence-electron chi connectivity index (χ0n) is 11.5. The zero-order valence-corrected chi connectivity index (χ0v) is 11.5. The fraction of sp³-hybridized carbons (Fsp3) is 0.615. The maximum atomic E-state index is 6.00. The minimum Gasteiger partial charge on any atom is -0.398 e. The molecule has 1 aliphatic heterocycles. The molecule has 0 bridgehead atoms. The van der Waals surface area contributed by atoms with E-state index in [-0.39, 0.29) is 18.3 Å². The SMILES string of the molecule is Cc1ccc(C)c(B2OC(C)(C)C(C)(C)O2)n1. The third-order valence-corrected chi connectivity index (χ3v) is 3.75. The monoisotopic (exact) mass is 233 g/mol. The van der Waals surface area contributed by atoms with Gasteiger partial charge in [-0.15, -0.1) is 0 Å². The minimum absolute atomic E-state index is 0.310. The molecule has 2 heterocycles. The van der Waals surface area contributed by atoms with Crippen LogP contribution in [-0.2, 0) is 9.31 Å². The molecule has 1 aromatic heterocycles. The van der Waals surface area contributed by atoms with Crippen LogP contribution in [-0.4, -0.2) is 23.3 Å². The van der Waals surface area contributed by atoms with Crippen molar-refractivity contribution in [1.29, 1.82) is 0 Å². The summed E-state index contributed by atoms with van der Waals surface area (Å²) < 4.78 is 12.0. The van der Waals surface area contributed by atoms with Crippen LogP contribution in [0.2, 0.25) is 0 Å².